The highest BCUT2D eigenvalue weighted by Crippen LogP contribution is 2.32. The van der Waals surface area contributed by atoms with E-state index >= 15 is 0 Å². The summed E-state index contributed by atoms with van der Waals surface area (Å²) in [5, 5.41) is 2.64. The second-order valence-electron chi connectivity index (χ2n) is 3.61. The van der Waals surface area contributed by atoms with Gasteiger partial charge in [0.05, 0.1) is 18.4 Å². The van der Waals surface area contributed by atoms with E-state index in [-0.39, 0.29) is 5.91 Å². The smallest absolute Gasteiger partial charge is 0.221 e. The lowest BCUT2D eigenvalue weighted by atomic mass is 10.0. The Balaban J connectivity index is 3.43. The third-order valence-corrected chi connectivity index (χ3v) is 2.48. The molecule has 0 atom stereocenters. The van der Waals surface area contributed by atoms with Gasteiger partial charge in [-0.3, -0.25) is 9.59 Å². The molecule has 86 valence electrons. The van der Waals surface area contributed by atoms with Crippen LogP contribution in [0.5, 0.6) is 5.75 Å². The van der Waals surface area contributed by atoms with Crippen molar-refractivity contribution >= 4 is 17.9 Å². The molecule has 0 fully saturated rings. The van der Waals surface area contributed by atoms with Gasteiger partial charge in [-0.25, -0.2) is 0 Å². The molecule has 1 aromatic carbocycles. The monoisotopic (exact) mass is 221 g/mol. The summed E-state index contributed by atoms with van der Waals surface area (Å²) in [5.74, 6) is 0.215. The van der Waals surface area contributed by atoms with E-state index in [0.717, 1.165) is 17.4 Å². The van der Waals surface area contributed by atoms with Gasteiger partial charge in [-0.05, 0) is 31.0 Å². The number of carbonyl (C=O) groups is 2. The van der Waals surface area contributed by atoms with E-state index in [1.165, 1.54) is 14.0 Å². The first-order chi connectivity index (χ1) is 7.51. The first-order valence-electron chi connectivity index (χ1n) is 4.92. The van der Waals surface area contributed by atoms with Gasteiger partial charge in [-0.15, -0.1) is 0 Å². The second-order valence-corrected chi connectivity index (χ2v) is 3.61. The van der Waals surface area contributed by atoms with E-state index < -0.39 is 0 Å². The van der Waals surface area contributed by atoms with Gasteiger partial charge in [0, 0.05) is 6.92 Å². The summed E-state index contributed by atoms with van der Waals surface area (Å²) in [7, 11) is 1.47. The molecule has 0 aliphatic rings. The van der Waals surface area contributed by atoms with Crippen LogP contribution in [-0.2, 0) is 4.79 Å². The van der Waals surface area contributed by atoms with Crippen LogP contribution in [0.4, 0.5) is 5.69 Å². The summed E-state index contributed by atoms with van der Waals surface area (Å²) < 4.78 is 5.16. The molecule has 16 heavy (non-hydrogen) atoms. The highest BCUT2D eigenvalue weighted by molar-refractivity contribution is 5.94. The average molecular weight is 221 g/mol. The summed E-state index contributed by atoms with van der Waals surface area (Å²) in [6.45, 7) is 5.14. The molecule has 0 heterocycles. The van der Waals surface area contributed by atoms with Gasteiger partial charge in [0.15, 0.2) is 12.0 Å². The minimum atomic E-state index is -0.196. The number of benzene rings is 1. The Morgan fingerprint density at radius 3 is 2.50 bits per heavy atom. The maximum Gasteiger partial charge on any atom is 0.221 e. The van der Waals surface area contributed by atoms with Crippen LogP contribution in [0.1, 0.15) is 28.4 Å². The number of methoxy groups -OCH3 is 1. The average Bonchev–Trinajstić information content (AvgIpc) is 2.21. The Morgan fingerprint density at radius 2 is 2.06 bits per heavy atom. The van der Waals surface area contributed by atoms with Crippen LogP contribution in [0, 0.1) is 13.8 Å². The third kappa shape index (κ3) is 2.21. The standard InChI is InChI=1S/C12H15NO3/c1-7-5-11(13-9(3)15)12(16-4)10(6-14)8(7)2/h5-6H,1-4H3,(H,13,15). The third-order valence-electron chi connectivity index (χ3n) is 2.48. The molecule has 0 radical (unpaired) electrons. The summed E-state index contributed by atoms with van der Waals surface area (Å²) in [6, 6.07) is 1.79. The molecule has 0 aliphatic carbocycles. The fraction of sp³-hybridized carbons (Fsp3) is 0.333. The van der Waals surface area contributed by atoms with Crippen LogP contribution in [0.15, 0.2) is 6.07 Å². The molecule has 0 saturated heterocycles. The predicted octanol–water partition coefficient (Wildman–Crippen LogP) is 2.08. The van der Waals surface area contributed by atoms with Crippen molar-refractivity contribution < 1.29 is 14.3 Å². The van der Waals surface area contributed by atoms with Crippen molar-refractivity contribution in [3.8, 4) is 5.75 Å². The van der Waals surface area contributed by atoms with E-state index in [1.807, 2.05) is 13.8 Å². The number of amides is 1. The molecule has 4 heteroatoms. The van der Waals surface area contributed by atoms with Crippen molar-refractivity contribution in [2.24, 2.45) is 0 Å². The quantitative estimate of drug-likeness (QED) is 0.795. The fourth-order valence-corrected chi connectivity index (χ4v) is 1.56. The molecule has 0 aromatic heterocycles. The van der Waals surface area contributed by atoms with E-state index in [4.69, 9.17) is 4.74 Å². The first kappa shape index (κ1) is 12.2. The molecule has 1 N–H and O–H groups in total. The number of aryl methyl sites for hydroxylation is 1. The number of aldehydes is 1. The topological polar surface area (TPSA) is 55.4 Å². The van der Waals surface area contributed by atoms with Crippen molar-refractivity contribution in [3.63, 3.8) is 0 Å². The Hall–Kier alpha value is -1.84. The van der Waals surface area contributed by atoms with Gasteiger partial charge in [0.2, 0.25) is 5.91 Å². The van der Waals surface area contributed by atoms with Crippen molar-refractivity contribution in [3.05, 3.63) is 22.8 Å². The molecule has 0 aliphatic heterocycles. The first-order valence-corrected chi connectivity index (χ1v) is 4.92. The number of rotatable bonds is 3. The molecule has 0 saturated carbocycles. The van der Waals surface area contributed by atoms with Crippen molar-refractivity contribution in [1.82, 2.24) is 0 Å². The minimum absolute atomic E-state index is 0.196. The highest BCUT2D eigenvalue weighted by Gasteiger charge is 2.14. The fourth-order valence-electron chi connectivity index (χ4n) is 1.56. The van der Waals surface area contributed by atoms with Gasteiger partial charge in [-0.1, -0.05) is 0 Å². The number of carbonyl (C=O) groups excluding carboxylic acids is 2. The Labute approximate surface area is 94.6 Å². The van der Waals surface area contributed by atoms with Crippen molar-refractivity contribution in [2.45, 2.75) is 20.8 Å². The summed E-state index contributed by atoms with van der Waals surface area (Å²) >= 11 is 0. The van der Waals surface area contributed by atoms with E-state index in [1.54, 1.807) is 6.07 Å². The molecule has 0 spiro atoms. The molecular weight excluding hydrogens is 206 g/mol. The Kier molecular flexibility index (Phi) is 3.66. The summed E-state index contributed by atoms with van der Waals surface area (Å²) in [4.78, 5) is 22.0. The molecule has 4 nitrogen and oxygen atoms in total. The van der Waals surface area contributed by atoms with Gasteiger partial charge < -0.3 is 10.1 Å². The lowest BCUT2D eigenvalue weighted by Crippen LogP contribution is -2.09. The zero-order chi connectivity index (χ0) is 12.3. The largest absolute Gasteiger partial charge is 0.494 e. The van der Waals surface area contributed by atoms with Crippen LogP contribution in [0.3, 0.4) is 0 Å². The van der Waals surface area contributed by atoms with E-state index in [2.05, 4.69) is 5.32 Å². The van der Waals surface area contributed by atoms with Crippen molar-refractivity contribution in [2.75, 3.05) is 12.4 Å². The predicted molar refractivity (Wildman–Crippen MR) is 62.2 cm³/mol. The molecule has 0 unspecified atom stereocenters. The van der Waals surface area contributed by atoms with Crippen LogP contribution < -0.4 is 10.1 Å². The lowest BCUT2D eigenvalue weighted by molar-refractivity contribution is -0.114. The Bertz CT molecular complexity index is 438. The van der Waals surface area contributed by atoms with Crippen molar-refractivity contribution in [1.29, 1.82) is 0 Å². The molecule has 1 amide bonds. The van der Waals surface area contributed by atoms with Crippen LogP contribution >= 0.6 is 0 Å². The van der Waals surface area contributed by atoms with Gasteiger partial charge >= 0.3 is 0 Å². The summed E-state index contributed by atoms with van der Waals surface area (Å²) in [6.07, 6.45) is 0.743. The van der Waals surface area contributed by atoms with E-state index in [0.29, 0.717) is 17.0 Å². The zero-order valence-electron chi connectivity index (χ0n) is 9.88. The SMILES string of the molecule is COc1c(NC(C)=O)cc(C)c(C)c1C=O. The van der Waals surface area contributed by atoms with Crippen LogP contribution in [0.25, 0.3) is 0 Å². The molecule has 1 rings (SSSR count). The van der Waals surface area contributed by atoms with E-state index in [9.17, 15) is 9.59 Å². The van der Waals surface area contributed by atoms with Crippen LogP contribution in [-0.4, -0.2) is 19.3 Å². The maximum atomic E-state index is 11.0. The van der Waals surface area contributed by atoms with Crippen LogP contribution in [0.2, 0.25) is 0 Å². The normalized spacial score (nSPS) is 9.75. The number of anilines is 1. The molecule has 1 aromatic rings. The van der Waals surface area contributed by atoms with Gasteiger partial charge in [0.1, 0.15) is 0 Å². The number of ether oxygens (including phenoxy) is 1. The maximum absolute atomic E-state index is 11.0. The lowest BCUT2D eigenvalue weighted by Gasteiger charge is -2.15. The van der Waals surface area contributed by atoms with Gasteiger partial charge in [0.25, 0.3) is 0 Å². The van der Waals surface area contributed by atoms with Gasteiger partial charge in [-0.2, -0.15) is 0 Å². The minimum Gasteiger partial charge on any atom is -0.494 e. The number of hydrogen-bond donors (Lipinski definition) is 1. The second kappa shape index (κ2) is 4.79. The Morgan fingerprint density at radius 1 is 1.44 bits per heavy atom. The number of hydrogen-bond acceptors (Lipinski definition) is 3. The zero-order valence-corrected chi connectivity index (χ0v) is 9.88. The highest BCUT2D eigenvalue weighted by atomic mass is 16.5. The molecule has 0 bridgehead atoms. The number of nitrogens with one attached hydrogen (secondary N) is 1. The summed E-state index contributed by atoms with van der Waals surface area (Å²) in [5.41, 5.74) is 2.80. The molecular formula is C12H15NO3.